The molecule has 12 nitrogen and oxygen atoms in total. The zero-order valence-electron chi connectivity index (χ0n) is 17.0. The van der Waals surface area contributed by atoms with Gasteiger partial charge in [0.25, 0.3) is 0 Å². The molecule has 12 heteroatoms. The predicted molar refractivity (Wildman–Crippen MR) is 101 cm³/mol. The van der Waals surface area contributed by atoms with Gasteiger partial charge in [-0.1, -0.05) is 13.8 Å². The Morgan fingerprint density at radius 1 is 0.828 bits per heavy atom. The van der Waals surface area contributed by atoms with Crippen LogP contribution in [-0.4, -0.2) is 87.1 Å². The fraction of sp³-hybridized carbons (Fsp3) is 0.765. The van der Waals surface area contributed by atoms with Gasteiger partial charge in [0.15, 0.2) is 0 Å². The fourth-order valence-electron chi connectivity index (χ4n) is 2.38. The summed E-state index contributed by atoms with van der Waals surface area (Å²) in [6.07, 6.45) is -2.45. The van der Waals surface area contributed by atoms with Crippen LogP contribution in [0.2, 0.25) is 0 Å². The van der Waals surface area contributed by atoms with Crippen molar-refractivity contribution in [2.24, 2.45) is 11.7 Å². The smallest absolute Gasteiger partial charge is 0.328 e. The molecule has 0 saturated carbocycles. The lowest BCUT2D eigenvalue weighted by Gasteiger charge is -2.27. The highest BCUT2D eigenvalue weighted by Gasteiger charge is 2.34. The maximum absolute atomic E-state index is 12.5. The van der Waals surface area contributed by atoms with Gasteiger partial charge >= 0.3 is 5.97 Å². The summed E-state index contributed by atoms with van der Waals surface area (Å²) in [5.74, 6) is -4.12. The lowest BCUT2D eigenvalue weighted by molar-refractivity contribution is -0.144. The second kappa shape index (κ2) is 12.3. The van der Waals surface area contributed by atoms with Crippen LogP contribution in [0, 0.1) is 5.92 Å². The highest BCUT2D eigenvalue weighted by molar-refractivity contribution is 5.94. The second-order valence-corrected chi connectivity index (χ2v) is 7.27. The Bertz CT molecular complexity index is 582. The largest absolute Gasteiger partial charge is 0.480 e. The zero-order valence-corrected chi connectivity index (χ0v) is 17.0. The Morgan fingerprint density at radius 2 is 1.24 bits per heavy atom. The number of rotatable bonds is 12. The number of aliphatic hydroxyl groups is 3. The third-order valence-corrected chi connectivity index (χ3v) is 3.98. The number of hydrogen-bond donors (Lipinski definition) is 8. The van der Waals surface area contributed by atoms with E-state index in [1.54, 1.807) is 0 Å². The highest BCUT2D eigenvalue weighted by Crippen LogP contribution is 2.05. The number of carbonyl (C=O) groups is 4. The van der Waals surface area contributed by atoms with E-state index in [9.17, 15) is 29.4 Å². The quantitative estimate of drug-likeness (QED) is 0.158. The van der Waals surface area contributed by atoms with Crippen molar-refractivity contribution >= 4 is 23.7 Å². The van der Waals surface area contributed by atoms with Gasteiger partial charge in [-0.25, -0.2) is 4.79 Å². The third kappa shape index (κ3) is 9.17. The van der Waals surface area contributed by atoms with Crippen LogP contribution in [0.3, 0.4) is 0 Å². The minimum atomic E-state index is -1.64. The lowest BCUT2D eigenvalue weighted by Crippen LogP contribution is -2.62. The highest BCUT2D eigenvalue weighted by atomic mass is 16.4. The van der Waals surface area contributed by atoms with Crippen LogP contribution >= 0.6 is 0 Å². The van der Waals surface area contributed by atoms with Crippen LogP contribution < -0.4 is 21.7 Å². The number of aliphatic hydroxyl groups excluding tert-OH is 3. The molecule has 6 atom stereocenters. The van der Waals surface area contributed by atoms with Crippen molar-refractivity contribution in [3.8, 4) is 0 Å². The Balaban J connectivity index is 5.25. The molecule has 6 unspecified atom stereocenters. The summed E-state index contributed by atoms with van der Waals surface area (Å²) >= 11 is 0. The summed E-state index contributed by atoms with van der Waals surface area (Å²) in [5, 5.41) is 43.9. The SMILES string of the molecule is CC(C)CC(N)C(=O)NC(C(=O)NC(C(=O)NC(CO)C(=O)O)C(C)O)C(C)O. The number of carboxylic acid groups (broad SMARTS) is 1. The molecule has 3 amide bonds. The fourth-order valence-corrected chi connectivity index (χ4v) is 2.38. The molecular weight excluding hydrogens is 388 g/mol. The van der Waals surface area contributed by atoms with Crippen LogP contribution in [0.15, 0.2) is 0 Å². The molecule has 0 aliphatic heterocycles. The van der Waals surface area contributed by atoms with E-state index in [4.69, 9.17) is 15.9 Å². The van der Waals surface area contributed by atoms with E-state index in [1.165, 1.54) is 13.8 Å². The van der Waals surface area contributed by atoms with Crippen molar-refractivity contribution < 1.29 is 39.6 Å². The van der Waals surface area contributed by atoms with Crippen molar-refractivity contribution in [1.29, 1.82) is 0 Å². The third-order valence-electron chi connectivity index (χ3n) is 3.98. The first kappa shape index (κ1) is 26.7. The van der Waals surface area contributed by atoms with Crippen LogP contribution in [0.4, 0.5) is 0 Å². The molecule has 9 N–H and O–H groups in total. The summed E-state index contributed by atoms with van der Waals surface area (Å²) in [7, 11) is 0. The average Bonchev–Trinajstić information content (AvgIpc) is 2.59. The van der Waals surface area contributed by atoms with E-state index in [2.05, 4.69) is 10.6 Å². The molecule has 0 aromatic heterocycles. The van der Waals surface area contributed by atoms with Crippen LogP contribution in [0.5, 0.6) is 0 Å². The molecule has 0 bridgehead atoms. The summed E-state index contributed by atoms with van der Waals surface area (Å²) in [4.78, 5) is 47.8. The summed E-state index contributed by atoms with van der Waals surface area (Å²) in [6.45, 7) is 5.22. The van der Waals surface area contributed by atoms with Gasteiger partial charge in [-0.05, 0) is 26.2 Å². The Labute approximate surface area is 168 Å². The van der Waals surface area contributed by atoms with Gasteiger partial charge in [0.1, 0.15) is 18.1 Å². The van der Waals surface area contributed by atoms with Gasteiger partial charge in [0, 0.05) is 0 Å². The van der Waals surface area contributed by atoms with Gasteiger partial charge < -0.3 is 42.1 Å². The monoisotopic (exact) mass is 420 g/mol. The van der Waals surface area contributed by atoms with Crippen LogP contribution in [0.1, 0.15) is 34.1 Å². The van der Waals surface area contributed by atoms with Crippen molar-refractivity contribution in [2.45, 2.75) is 70.5 Å². The summed E-state index contributed by atoms with van der Waals surface area (Å²) in [5.41, 5.74) is 5.75. The lowest BCUT2D eigenvalue weighted by atomic mass is 10.0. The van der Waals surface area contributed by atoms with Gasteiger partial charge in [-0.3, -0.25) is 14.4 Å². The molecule has 29 heavy (non-hydrogen) atoms. The number of amides is 3. The number of carboxylic acids is 1. The van der Waals surface area contributed by atoms with E-state index in [0.717, 1.165) is 0 Å². The molecule has 0 rings (SSSR count). The molecule has 0 fully saturated rings. The van der Waals surface area contributed by atoms with Gasteiger partial charge in [-0.2, -0.15) is 0 Å². The molecule has 0 radical (unpaired) electrons. The van der Waals surface area contributed by atoms with Gasteiger partial charge in [-0.15, -0.1) is 0 Å². The van der Waals surface area contributed by atoms with E-state index in [1.807, 2.05) is 19.2 Å². The molecule has 0 spiro atoms. The number of aliphatic carboxylic acids is 1. The number of nitrogens with two attached hydrogens (primary N) is 1. The first-order chi connectivity index (χ1) is 13.3. The van der Waals surface area contributed by atoms with E-state index < -0.39 is 66.7 Å². The molecule has 0 saturated heterocycles. The topological polar surface area (TPSA) is 211 Å². The maximum atomic E-state index is 12.5. The summed E-state index contributed by atoms with van der Waals surface area (Å²) < 4.78 is 0. The van der Waals surface area contributed by atoms with Crippen molar-refractivity contribution in [3.63, 3.8) is 0 Å². The number of hydrogen-bond acceptors (Lipinski definition) is 8. The maximum Gasteiger partial charge on any atom is 0.328 e. The minimum absolute atomic E-state index is 0.117. The molecule has 168 valence electrons. The number of nitrogens with one attached hydrogen (secondary N) is 3. The molecular formula is C17H32N4O8. The normalized spacial score (nSPS) is 17.4. The van der Waals surface area contributed by atoms with E-state index in [-0.39, 0.29) is 5.92 Å². The predicted octanol–water partition coefficient (Wildman–Crippen LogP) is -3.35. The van der Waals surface area contributed by atoms with Gasteiger partial charge in [0.05, 0.1) is 24.9 Å². The zero-order chi connectivity index (χ0) is 22.9. The van der Waals surface area contributed by atoms with E-state index in [0.29, 0.717) is 6.42 Å². The van der Waals surface area contributed by atoms with Gasteiger partial charge in [0.2, 0.25) is 17.7 Å². The standard InChI is InChI=1S/C17H32N4O8/c1-7(2)5-10(18)14(25)20-13(9(4)24)16(27)21-12(8(3)23)15(26)19-11(6-22)17(28)29/h7-13,22-24H,5-6,18H2,1-4H3,(H,19,26)(H,20,25)(H,21,27)(H,28,29). The first-order valence-electron chi connectivity index (χ1n) is 9.18. The first-order valence-corrected chi connectivity index (χ1v) is 9.18. The Hall–Kier alpha value is -2.28. The summed E-state index contributed by atoms with van der Waals surface area (Å²) in [6, 6.07) is -5.62. The van der Waals surface area contributed by atoms with Crippen LogP contribution in [0.25, 0.3) is 0 Å². The average molecular weight is 420 g/mol. The van der Waals surface area contributed by atoms with E-state index >= 15 is 0 Å². The van der Waals surface area contributed by atoms with Crippen LogP contribution in [-0.2, 0) is 19.2 Å². The van der Waals surface area contributed by atoms with Crippen molar-refractivity contribution in [3.05, 3.63) is 0 Å². The molecule has 0 heterocycles. The second-order valence-electron chi connectivity index (χ2n) is 7.27. The Kier molecular flexibility index (Phi) is 11.3. The molecule has 0 aliphatic rings. The number of carbonyl (C=O) groups excluding carboxylic acids is 3. The molecule has 0 aliphatic carbocycles. The van der Waals surface area contributed by atoms with Crippen molar-refractivity contribution in [1.82, 2.24) is 16.0 Å². The van der Waals surface area contributed by atoms with Crippen molar-refractivity contribution in [2.75, 3.05) is 6.61 Å². The molecule has 0 aromatic rings. The Morgan fingerprint density at radius 3 is 1.59 bits per heavy atom. The molecule has 0 aromatic carbocycles. The minimum Gasteiger partial charge on any atom is -0.480 e.